The monoisotopic (exact) mass is 470 g/mol. The number of methoxy groups -OCH3 is 1. The molecule has 0 fully saturated rings. The predicted octanol–water partition coefficient (Wildman–Crippen LogP) is 11.3. The molecule has 0 spiro atoms. The number of rotatable bonds is 24. The SMILES string of the molecule is CCCCCCCCB(CCCCCCCC)C(CCCCCCCC)c1ccc(OC)cc1. The first kappa shape index (κ1) is 31.1. The molecular formula is C32H59BO. The van der Waals surface area contributed by atoms with Gasteiger partial charge in [-0.2, -0.15) is 0 Å². The van der Waals surface area contributed by atoms with Crippen LogP contribution >= 0.6 is 0 Å². The van der Waals surface area contributed by atoms with Crippen molar-refractivity contribution in [1.29, 1.82) is 0 Å². The van der Waals surface area contributed by atoms with Crippen LogP contribution in [0, 0.1) is 0 Å². The van der Waals surface area contributed by atoms with Gasteiger partial charge < -0.3 is 4.74 Å². The molecule has 1 atom stereocenters. The lowest BCUT2D eigenvalue weighted by Crippen LogP contribution is -2.24. The van der Waals surface area contributed by atoms with E-state index in [1.165, 1.54) is 135 Å². The predicted molar refractivity (Wildman–Crippen MR) is 156 cm³/mol. The van der Waals surface area contributed by atoms with Crippen LogP contribution in [0.1, 0.15) is 154 Å². The van der Waals surface area contributed by atoms with Gasteiger partial charge in [0.2, 0.25) is 0 Å². The van der Waals surface area contributed by atoms with Gasteiger partial charge in [-0.3, -0.25) is 0 Å². The summed E-state index contributed by atoms with van der Waals surface area (Å²) in [6, 6.07) is 9.12. The van der Waals surface area contributed by atoms with E-state index >= 15 is 0 Å². The summed E-state index contributed by atoms with van der Waals surface area (Å²) in [7, 11) is 1.78. The maximum absolute atomic E-state index is 5.47. The van der Waals surface area contributed by atoms with E-state index in [2.05, 4.69) is 45.0 Å². The van der Waals surface area contributed by atoms with Crippen molar-refractivity contribution < 1.29 is 4.74 Å². The Morgan fingerprint density at radius 2 is 0.971 bits per heavy atom. The van der Waals surface area contributed by atoms with Gasteiger partial charge >= 0.3 is 0 Å². The van der Waals surface area contributed by atoms with Crippen molar-refractivity contribution in [2.75, 3.05) is 7.11 Å². The Kier molecular flexibility index (Phi) is 20.6. The van der Waals surface area contributed by atoms with Gasteiger partial charge in [0.05, 0.1) is 7.11 Å². The van der Waals surface area contributed by atoms with Gasteiger partial charge in [-0.05, 0) is 17.9 Å². The summed E-state index contributed by atoms with van der Waals surface area (Å²) in [5.41, 5.74) is 1.57. The summed E-state index contributed by atoms with van der Waals surface area (Å²) in [4.78, 5) is 0. The lowest BCUT2D eigenvalue weighted by Gasteiger charge is -2.26. The second kappa shape index (κ2) is 22.5. The summed E-state index contributed by atoms with van der Waals surface area (Å²) < 4.78 is 5.47. The highest BCUT2D eigenvalue weighted by atomic mass is 16.5. The molecule has 0 radical (unpaired) electrons. The van der Waals surface area contributed by atoms with E-state index < -0.39 is 0 Å². The summed E-state index contributed by atoms with van der Waals surface area (Å²) in [6.45, 7) is 7.80. The normalized spacial score (nSPS) is 12.1. The molecule has 0 aliphatic heterocycles. The van der Waals surface area contributed by atoms with Crippen LogP contribution in [0.5, 0.6) is 5.75 Å². The Balaban J connectivity index is 2.76. The van der Waals surface area contributed by atoms with Crippen molar-refractivity contribution in [3.8, 4) is 5.75 Å². The van der Waals surface area contributed by atoms with Crippen LogP contribution in [0.4, 0.5) is 0 Å². The average molecular weight is 471 g/mol. The first-order chi connectivity index (χ1) is 16.8. The zero-order valence-electron chi connectivity index (χ0n) is 23.7. The van der Waals surface area contributed by atoms with Crippen molar-refractivity contribution in [3.05, 3.63) is 29.8 Å². The van der Waals surface area contributed by atoms with Crippen molar-refractivity contribution in [2.45, 2.75) is 161 Å². The minimum absolute atomic E-state index is 0.725. The number of benzene rings is 1. The lowest BCUT2D eigenvalue weighted by molar-refractivity contribution is 0.414. The molecule has 0 bridgehead atoms. The Labute approximate surface area is 215 Å². The van der Waals surface area contributed by atoms with Crippen molar-refractivity contribution in [2.24, 2.45) is 0 Å². The van der Waals surface area contributed by atoms with E-state index in [0.29, 0.717) is 0 Å². The van der Waals surface area contributed by atoms with E-state index in [9.17, 15) is 0 Å². The second-order valence-electron chi connectivity index (χ2n) is 10.8. The minimum atomic E-state index is 0.725. The Morgan fingerprint density at radius 3 is 1.41 bits per heavy atom. The molecule has 0 aromatic heterocycles. The molecule has 0 heterocycles. The van der Waals surface area contributed by atoms with E-state index in [1.807, 2.05) is 0 Å². The van der Waals surface area contributed by atoms with Crippen LogP contribution < -0.4 is 4.74 Å². The minimum Gasteiger partial charge on any atom is -0.497 e. The van der Waals surface area contributed by atoms with Gasteiger partial charge in [-0.25, -0.2) is 0 Å². The van der Waals surface area contributed by atoms with Gasteiger partial charge in [0.25, 0.3) is 0 Å². The zero-order chi connectivity index (χ0) is 24.7. The molecule has 0 aliphatic rings. The van der Waals surface area contributed by atoms with E-state index in [1.54, 1.807) is 12.7 Å². The number of hydrogen-bond donors (Lipinski definition) is 0. The van der Waals surface area contributed by atoms with Crippen molar-refractivity contribution in [1.82, 2.24) is 0 Å². The van der Waals surface area contributed by atoms with Gasteiger partial charge in [0.15, 0.2) is 0 Å². The second-order valence-corrected chi connectivity index (χ2v) is 10.8. The Hall–Kier alpha value is -0.915. The third-order valence-electron chi connectivity index (χ3n) is 7.84. The van der Waals surface area contributed by atoms with Crippen LogP contribution in [0.25, 0.3) is 0 Å². The molecule has 1 aromatic rings. The molecule has 196 valence electrons. The molecule has 0 N–H and O–H groups in total. The summed E-state index contributed by atoms with van der Waals surface area (Å²) in [6.07, 6.45) is 29.5. The van der Waals surface area contributed by atoms with Gasteiger partial charge in [0.1, 0.15) is 12.5 Å². The van der Waals surface area contributed by atoms with Crippen molar-refractivity contribution >= 4 is 6.71 Å². The number of unbranched alkanes of at least 4 members (excludes halogenated alkanes) is 15. The molecule has 0 aliphatic carbocycles. The van der Waals surface area contributed by atoms with E-state index in [-0.39, 0.29) is 0 Å². The molecule has 2 heteroatoms. The first-order valence-corrected chi connectivity index (χ1v) is 15.4. The summed E-state index contributed by atoms with van der Waals surface area (Å²) >= 11 is 0. The molecular weight excluding hydrogens is 411 g/mol. The number of hydrogen-bond acceptors (Lipinski definition) is 1. The fraction of sp³-hybridized carbons (Fsp3) is 0.812. The lowest BCUT2D eigenvalue weighted by atomic mass is 9.34. The van der Waals surface area contributed by atoms with Crippen molar-refractivity contribution in [3.63, 3.8) is 0 Å². The standard InChI is InChI=1S/C32H59BO/c1-5-8-11-14-17-20-23-32(30-24-26-31(34-4)27-25-30)33(28-21-18-15-12-9-6-2)29-22-19-16-13-10-7-3/h24-27,32H,5-23,28-29H2,1-4H3. The third kappa shape index (κ3) is 15.2. The van der Waals surface area contributed by atoms with E-state index in [4.69, 9.17) is 4.74 Å². The topological polar surface area (TPSA) is 9.23 Å². The van der Waals surface area contributed by atoms with Gasteiger partial charge in [-0.1, -0.05) is 173 Å². The maximum atomic E-state index is 5.47. The molecule has 1 nitrogen and oxygen atoms in total. The van der Waals surface area contributed by atoms with Gasteiger partial charge in [-0.15, -0.1) is 0 Å². The molecule has 0 amide bonds. The maximum Gasteiger partial charge on any atom is 0.148 e. The first-order valence-electron chi connectivity index (χ1n) is 15.4. The van der Waals surface area contributed by atoms with Crippen LogP contribution in [0.15, 0.2) is 24.3 Å². The molecule has 1 unspecified atom stereocenters. The van der Waals surface area contributed by atoms with Crippen LogP contribution in [0.2, 0.25) is 12.6 Å². The highest BCUT2D eigenvalue weighted by molar-refractivity contribution is 6.60. The average Bonchev–Trinajstić information content (AvgIpc) is 2.87. The zero-order valence-corrected chi connectivity index (χ0v) is 23.7. The smallest absolute Gasteiger partial charge is 0.148 e. The molecule has 0 saturated heterocycles. The fourth-order valence-electron chi connectivity index (χ4n) is 5.59. The molecule has 34 heavy (non-hydrogen) atoms. The molecule has 1 rings (SSSR count). The van der Waals surface area contributed by atoms with Crippen LogP contribution in [-0.2, 0) is 0 Å². The van der Waals surface area contributed by atoms with Crippen LogP contribution in [0.3, 0.4) is 0 Å². The quantitative estimate of drug-likeness (QED) is 0.108. The number of ether oxygens (including phenoxy) is 1. The Bertz CT molecular complexity index is 524. The highest BCUT2D eigenvalue weighted by Gasteiger charge is 2.26. The molecule has 1 aromatic carbocycles. The Morgan fingerprint density at radius 1 is 0.559 bits per heavy atom. The molecule has 0 saturated carbocycles. The summed E-state index contributed by atoms with van der Waals surface area (Å²) in [5, 5.41) is 0. The fourth-order valence-corrected chi connectivity index (χ4v) is 5.59. The summed E-state index contributed by atoms with van der Waals surface area (Å²) in [5.74, 6) is 1.72. The van der Waals surface area contributed by atoms with Crippen LogP contribution in [-0.4, -0.2) is 13.8 Å². The largest absolute Gasteiger partial charge is 0.497 e. The van der Waals surface area contributed by atoms with E-state index in [0.717, 1.165) is 18.3 Å². The van der Waals surface area contributed by atoms with Gasteiger partial charge in [0, 0.05) is 0 Å². The third-order valence-corrected chi connectivity index (χ3v) is 7.84. The highest BCUT2D eigenvalue weighted by Crippen LogP contribution is 2.33.